The Bertz CT molecular complexity index is 564. The fourth-order valence-corrected chi connectivity index (χ4v) is 2.56. The SMILES string of the molecule is CCCNC(c1ccc(C)nc1)c1ccc(C)cc1Cl. The zero-order chi connectivity index (χ0) is 14.5. The third-order valence-corrected chi connectivity index (χ3v) is 3.66. The molecule has 0 aliphatic carbocycles. The van der Waals surface area contributed by atoms with Crippen LogP contribution in [0.3, 0.4) is 0 Å². The quantitative estimate of drug-likeness (QED) is 0.880. The molecule has 1 unspecified atom stereocenters. The normalized spacial score (nSPS) is 12.4. The van der Waals surface area contributed by atoms with E-state index in [0.29, 0.717) is 0 Å². The highest BCUT2D eigenvalue weighted by atomic mass is 35.5. The molecule has 3 heteroatoms. The van der Waals surface area contributed by atoms with Crippen LogP contribution in [0.1, 0.15) is 41.8 Å². The summed E-state index contributed by atoms with van der Waals surface area (Å²) in [5, 5.41) is 4.36. The Morgan fingerprint density at radius 1 is 1.20 bits per heavy atom. The van der Waals surface area contributed by atoms with Crippen molar-refractivity contribution in [3.8, 4) is 0 Å². The van der Waals surface area contributed by atoms with Crippen molar-refractivity contribution in [3.05, 3.63) is 63.9 Å². The Labute approximate surface area is 126 Å². The molecule has 1 aromatic carbocycles. The van der Waals surface area contributed by atoms with Gasteiger partial charge in [-0.05, 0) is 55.6 Å². The van der Waals surface area contributed by atoms with Gasteiger partial charge in [0.1, 0.15) is 0 Å². The molecular formula is C17H21ClN2. The van der Waals surface area contributed by atoms with Gasteiger partial charge >= 0.3 is 0 Å². The highest BCUT2D eigenvalue weighted by Crippen LogP contribution is 2.29. The van der Waals surface area contributed by atoms with E-state index in [1.54, 1.807) is 0 Å². The van der Waals surface area contributed by atoms with Crippen molar-refractivity contribution < 1.29 is 0 Å². The van der Waals surface area contributed by atoms with E-state index in [9.17, 15) is 0 Å². The van der Waals surface area contributed by atoms with Crippen molar-refractivity contribution in [3.63, 3.8) is 0 Å². The molecule has 0 aliphatic heterocycles. The summed E-state index contributed by atoms with van der Waals surface area (Å²) in [6.07, 6.45) is 3.01. The van der Waals surface area contributed by atoms with Crippen molar-refractivity contribution in [1.82, 2.24) is 10.3 Å². The minimum atomic E-state index is 0.0937. The van der Waals surface area contributed by atoms with E-state index < -0.39 is 0 Å². The van der Waals surface area contributed by atoms with E-state index in [0.717, 1.165) is 34.8 Å². The van der Waals surface area contributed by atoms with E-state index in [1.807, 2.05) is 25.3 Å². The molecule has 20 heavy (non-hydrogen) atoms. The van der Waals surface area contributed by atoms with E-state index in [4.69, 9.17) is 11.6 Å². The molecule has 0 amide bonds. The fourth-order valence-electron chi connectivity index (χ4n) is 2.21. The average molecular weight is 289 g/mol. The number of pyridine rings is 1. The van der Waals surface area contributed by atoms with Crippen molar-refractivity contribution in [1.29, 1.82) is 0 Å². The summed E-state index contributed by atoms with van der Waals surface area (Å²) in [6, 6.07) is 10.5. The Kier molecular flexibility index (Phi) is 5.16. The zero-order valence-corrected chi connectivity index (χ0v) is 13.0. The zero-order valence-electron chi connectivity index (χ0n) is 12.3. The lowest BCUT2D eigenvalue weighted by Gasteiger charge is -2.21. The van der Waals surface area contributed by atoms with Gasteiger partial charge in [0, 0.05) is 16.9 Å². The number of hydrogen-bond acceptors (Lipinski definition) is 2. The van der Waals surface area contributed by atoms with Crippen LogP contribution in [0.5, 0.6) is 0 Å². The van der Waals surface area contributed by atoms with Crippen molar-refractivity contribution in [2.45, 2.75) is 33.2 Å². The van der Waals surface area contributed by atoms with Crippen LogP contribution < -0.4 is 5.32 Å². The first-order chi connectivity index (χ1) is 9.61. The number of halogens is 1. The van der Waals surface area contributed by atoms with E-state index in [1.165, 1.54) is 5.56 Å². The molecule has 0 fully saturated rings. The number of aryl methyl sites for hydroxylation is 2. The third-order valence-electron chi connectivity index (χ3n) is 3.33. The summed E-state index contributed by atoms with van der Waals surface area (Å²) in [6.45, 7) is 7.16. The Morgan fingerprint density at radius 3 is 2.60 bits per heavy atom. The molecule has 0 saturated heterocycles. The molecule has 0 spiro atoms. The lowest BCUT2D eigenvalue weighted by molar-refractivity contribution is 0.597. The van der Waals surface area contributed by atoms with Crippen LogP contribution in [0.15, 0.2) is 36.5 Å². The van der Waals surface area contributed by atoms with Gasteiger partial charge in [0.2, 0.25) is 0 Å². The van der Waals surface area contributed by atoms with Crippen LogP contribution in [0.4, 0.5) is 0 Å². The molecule has 2 nitrogen and oxygen atoms in total. The minimum Gasteiger partial charge on any atom is -0.306 e. The molecule has 106 valence electrons. The van der Waals surface area contributed by atoms with Gasteiger partial charge in [-0.1, -0.05) is 36.7 Å². The first-order valence-electron chi connectivity index (χ1n) is 7.03. The average Bonchev–Trinajstić information content (AvgIpc) is 2.42. The number of benzene rings is 1. The predicted molar refractivity (Wildman–Crippen MR) is 85.3 cm³/mol. The molecule has 1 heterocycles. The van der Waals surface area contributed by atoms with E-state index >= 15 is 0 Å². The maximum absolute atomic E-state index is 6.42. The van der Waals surface area contributed by atoms with Gasteiger partial charge in [-0.2, -0.15) is 0 Å². The molecule has 2 aromatic rings. The predicted octanol–water partition coefficient (Wildman–Crippen LogP) is 4.44. The maximum Gasteiger partial charge on any atom is 0.0606 e. The van der Waals surface area contributed by atoms with E-state index in [2.05, 4.69) is 42.3 Å². The van der Waals surface area contributed by atoms with Gasteiger partial charge in [-0.15, -0.1) is 0 Å². The second-order valence-electron chi connectivity index (χ2n) is 5.15. The Balaban J connectivity index is 2.38. The van der Waals surface area contributed by atoms with Crippen LogP contribution in [0.2, 0.25) is 5.02 Å². The first kappa shape index (κ1) is 15.0. The second kappa shape index (κ2) is 6.87. The molecule has 1 atom stereocenters. The third kappa shape index (κ3) is 3.59. The van der Waals surface area contributed by atoms with Gasteiger partial charge < -0.3 is 5.32 Å². The van der Waals surface area contributed by atoms with Crippen molar-refractivity contribution in [2.24, 2.45) is 0 Å². The van der Waals surface area contributed by atoms with Gasteiger partial charge in [-0.3, -0.25) is 4.98 Å². The minimum absolute atomic E-state index is 0.0937. The monoisotopic (exact) mass is 288 g/mol. The van der Waals surface area contributed by atoms with Crippen LogP contribution >= 0.6 is 11.6 Å². The fraction of sp³-hybridized carbons (Fsp3) is 0.353. The Hall–Kier alpha value is -1.38. The number of nitrogens with zero attached hydrogens (tertiary/aromatic N) is 1. The molecule has 2 rings (SSSR count). The summed E-state index contributed by atoms with van der Waals surface area (Å²) in [7, 11) is 0. The lowest BCUT2D eigenvalue weighted by Crippen LogP contribution is -2.23. The van der Waals surface area contributed by atoms with Gasteiger partial charge in [0.15, 0.2) is 0 Å². The number of hydrogen-bond donors (Lipinski definition) is 1. The van der Waals surface area contributed by atoms with Crippen molar-refractivity contribution in [2.75, 3.05) is 6.54 Å². The van der Waals surface area contributed by atoms with Crippen LogP contribution in [0.25, 0.3) is 0 Å². The summed E-state index contributed by atoms with van der Waals surface area (Å²) in [5.41, 5.74) is 4.46. The lowest BCUT2D eigenvalue weighted by atomic mass is 9.98. The van der Waals surface area contributed by atoms with Gasteiger partial charge in [-0.25, -0.2) is 0 Å². The van der Waals surface area contributed by atoms with Gasteiger partial charge in [0.25, 0.3) is 0 Å². The molecular weight excluding hydrogens is 268 g/mol. The molecule has 0 bridgehead atoms. The summed E-state index contributed by atoms with van der Waals surface area (Å²) in [5.74, 6) is 0. The second-order valence-corrected chi connectivity index (χ2v) is 5.55. The van der Waals surface area contributed by atoms with E-state index in [-0.39, 0.29) is 6.04 Å². The molecule has 0 saturated carbocycles. The number of rotatable bonds is 5. The van der Waals surface area contributed by atoms with Crippen LogP contribution in [-0.4, -0.2) is 11.5 Å². The molecule has 0 aliphatic rings. The van der Waals surface area contributed by atoms with Crippen LogP contribution in [0, 0.1) is 13.8 Å². The largest absolute Gasteiger partial charge is 0.306 e. The first-order valence-corrected chi connectivity index (χ1v) is 7.41. The summed E-state index contributed by atoms with van der Waals surface area (Å²) in [4.78, 5) is 4.40. The topological polar surface area (TPSA) is 24.9 Å². The maximum atomic E-state index is 6.42. The van der Waals surface area contributed by atoms with Crippen molar-refractivity contribution >= 4 is 11.6 Å². The van der Waals surface area contributed by atoms with Gasteiger partial charge in [0.05, 0.1) is 6.04 Å². The van der Waals surface area contributed by atoms with Crippen LogP contribution in [-0.2, 0) is 0 Å². The summed E-state index contributed by atoms with van der Waals surface area (Å²) >= 11 is 6.42. The summed E-state index contributed by atoms with van der Waals surface area (Å²) < 4.78 is 0. The standard InChI is InChI=1S/C17H21ClN2/c1-4-9-19-17(14-7-6-13(3)20-11-14)15-8-5-12(2)10-16(15)18/h5-8,10-11,17,19H,4,9H2,1-3H3. The molecule has 0 radical (unpaired) electrons. The molecule has 1 aromatic heterocycles. The number of nitrogens with one attached hydrogen (secondary N) is 1. The molecule has 1 N–H and O–H groups in total. The highest BCUT2D eigenvalue weighted by Gasteiger charge is 2.16. The highest BCUT2D eigenvalue weighted by molar-refractivity contribution is 6.31. The smallest absolute Gasteiger partial charge is 0.0606 e. The Morgan fingerprint density at radius 2 is 2.00 bits per heavy atom. The number of aromatic nitrogens is 1.